The Labute approximate surface area is 169 Å². The molecular formula is C22H24F2N4O. The highest BCUT2D eigenvalue weighted by atomic mass is 19.1. The minimum absolute atomic E-state index is 0.0495. The highest BCUT2D eigenvalue weighted by Gasteiger charge is 2.30. The number of halogens is 2. The van der Waals surface area contributed by atoms with Crippen LogP contribution in [0.1, 0.15) is 41.9 Å². The Hall–Kier alpha value is -2.64. The smallest absolute Gasteiger partial charge is 0.233 e. The van der Waals surface area contributed by atoms with Crippen molar-refractivity contribution in [1.29, 1.82) is 0 Å². The van der Waals surface area contributed by atoms with Gasteiger partial charge in [-0.05, 0) is 42.3 Å². The monoisotopic (exact) mass is 398 g/mol. The third-order valence-corrected chi connectivity index (χ3v) is 5.53. The zero-order chi connectivity index (χ0) is 20.4. The van der Waals surface area contributed by atoms with Gasteiger partial charge in [0.1, 0.15) is 11.6 Å². The number of aromatic nitrogens is 2. The second-order valence-electron chi connectivity index (χ2n) is 7.41. The van der Waals surface area contributed by atoms with Gasteiger partial charge >= 0.3 is 0 Å². The number of hydrogen-bond acceptors (Lipinski definition) is 5. The third kappa shape index (κ3) is 4.36. The van der Waals surface area contributed by atoms with Gasteiger partial charge in [0.2, 0.25) is 11.8 Å². The molecule has 0 amide bonds. The second-order valence-corrected chi connectivity index (χ2v) is 7.41. The summed E-state index contributed by atoms with van der Waals surface area (Å²) in [6.07, 6.45) is 0. The van der Waals surface area contributed by atoms with E-state index < -0.39 is 0 Å². The van der Waals surface area contributed by atoms with E-state index in [4.69, 9.17) is 4.42 Å². The van der Waals surface area contributed by atoms with Crippen LogP contribution in [0.15, 0.2) is 52.9 Å². The van der Waals surface area contributed by atoms with Crippen LogP contribution in [0.3, 0.4) is 0 Å². The van der Waals surface area contributed by atoms with Gasteiger partial charge < -0.3 is 4.42 Å². The molecule has 0 aliphatic carbocycles. The van der Waals surface area contributed by atoms with E-state index in [9.17, 15) is 8.78 Å². The Kier molecular flexibility index (Phi) is 5.69. The summed E-state index contributed by atoms with van der Waals surface area (Å²) in [5.74, 6) is 0.669. The summed E-state index contributed by atoms with van der Waals surface area (Å²) in [4.78, 5) is 4.67. The molecule has 1 aromatic heterocycles. The molecule has 0 saturated carbocycles. The van der Waals surface area contributed by atoms with E-state index in [1.54, 1.807) is 31.2 Å². The molecule has 0 spiro atoms. The van der Waals surface area contributed by atoms with Crippen molar-refractivity contribution in [3.05, 3.63) is 83.1 Å². The Balaban J connectivity index is 1.53. The lowest BCUT2D eigenvalue weighted by atomic mass is 9.96. The van der Waals surface area contributed by atoms with Crippen LogP contribution in [0.25, 0.3) is 0 Å². The van der Waals surface area contributed by atoms with Crippen LogP contribution in [0, 0.1) is 18.6 Å². The Morgan fingerprint density at radius 1 is 0.793 bits per heavy atom. The summed E-state index contributed by atoms with van der Waals surface area (Å²) < 4.78 is 32.5. The Bertz CT molecular complexity index is 889. The van der Waals surface area contributed by atoms with E-state index in [0.717, 1.165) is 37.3 Å². The van der Waals surface area contributed by atoms with Gasteiger partial charge in [-0.25, -0.2) is 8.78 Å². The van der Waals surface area contributed by atoms with E-state index in [1.807, 2.05) is 0 Å². The second kappa shape index (κ2) is 8.39. The molecule has 1 atom stereocenters. The van der Waals surface area contributed by atoms with Crippen molar-refractivity contribution in [2.75, 3.05) is 26.2 Å². The van der Waals surface area contributed by atoms with Gasteiger partial charge in [0.25, 0.3) is 0 Å². The van der Waals surface area contributed by atoms with E-state index in [-0.39, 0.29) is 23.7 Å². The molecule has 0 N–H and O–H groups in total. The Morgan fingerprint density at radius 2 is 1.28 bits per heavy atom. The van der Waals surface area contributed by atoms with Gasteiger partial charge in [-0.3, -0.25) is 9.80 Å². The molecule has 1 unspecified atom stereocenters. The van der Waals surface area contributed by atoms with Gasteiger partial charge in [0.05, 0.1) is 12.1 Å². The van der Waals surface area contributed by atoms with Gasteiger partial charge in [-0.15, -0.1) is 10.2 Å². The first kappa shape index (κ1) is 19.7. The molecule has 1 fully saturated rings. The average molecular weight is 398 g/mol. The van der Waals surface area contributed by atoms with Gasteiger partial charge in [0, 0.05) is 33.1 Å². The number of hydrogen-bond donors (Lipinski definition) is 0. The maximum Gasteiger partial charge on any atom is 0.233 e. The number of rotatable bonds is 5. The molecule has 7 heteroatoms. The minimum Gasteiger partial charge on any atom is -0.424 e. The van der Waals surface area contributed by atoms with Crippen molar-refractivity contribution in [3.63, 3.8) is 0 Å². The predicted molar refractivity (Wildman–Crippen MR) is 105 cm³/mol. The lowest BCUT2D eigenvalue weighted by Crippen LogP contribution is -2.48. The van der Waals surface area contributed by atoms with Crippen LogP contribution in [0.4, 0.5) is 8.78 Å². The molecule has 152 valence electrons. The summed E-state index contributed by atoms with van der Waals surface area (Å²) in [6, 6.07) is 13.1. The first-order chi connectivity index (χ1) is 14.0. The first-order valence-corrected chi connectivity index (χ1v) is 9.80. The standard InChI is InChI=1S/C22H24F2N4O/c1-15(22-26-25-16(2)29-22)27-11-13-28(14-12-27)21(17-3-7-19(23)8-4-17)18-5-9-20(24)10-6-18/h3-10,15,21H,11-14H2,1-2H3. The molecule has 1 saturated heterocycles. The van der Waals surface area contributed by atoms with Crippen LogP contribution < -0.4 is 0 Å². The molecule has 29 heavy (non-hydrogen) atoms. The molecule has 2 heterocycles. The van der Waals surface area contributed by atoms with Crippen molar-refractivity contribution in [2.24, 2.45) is 0 Å². The zero-order valence-corrected chi connectivity index (χ0v) is 16.6. The van der Waals surface area contributed by atoms with E-state index >= 15 is 0 Å². The maximum absolute atomic E-state index is 13.5. The van der Waals surface area contributed by atoms with Crippen molar-refractivity contribution in [2.45, 2.75) is 25.9 Å². The fourth-order valence-corrected chi connectivity index (χ4v) is 3.92. The Morgan fingerprint density at radius 3 is 1.72 bits per heavy atom. The fourth-order valence-electron chi connectivity index (χ4n) is 3.92. The minimum atomic E-state index is -0.264. The van der Waals surface area contributed by atoms with Gasteiger partial charge in [0.15, 0.2) is 0 Å². The summed E-state index contributed by atoms with van der Waals surface area (Å²) in [7, 11) is 0. The lowest BCUT2D eigenvalue weighted by Gasteiger charge is -2.41. The number of piperazine rings is 1. The SMILES string of the molecule is Cc1nnc(C(C)N2CCN(C(c3ccc(F)cc3)c3ccc(F)cc3)CC2)o1. The molecule has 3 aromatic rings. The summed E-state index contributed by atoms with van der Waals surface area (Å²) in [6.45, 7) is 7.16. The average Bonchev–Trinajstić information content (AvgIpc) is 3.17. The first-order valence-electron chi connectivity index (χ1n) is 9.80. The van der Waals surface area contributed by atoms with Gasteiger partial charge in [-0.1, -0.05) is 24.3 Å². The van der Waals surface area contributed by atoms with E-state index in [0.29, 0.717) is 11.8 Å². The van der Waals surface area contributed by atoms with Crippen LogP contribution in [-0.2, 0) is 0 Å². The van der Waals surface area contributed by atoms with Crippen LogP contribution in [0.5, 0.6) is 0 Å². The zero-order valence-electron chi connectivity index (χ0n) is 16.6. The van der Waals surface area contributed by atoms with Crippen LogP contribution in [0.2, 0.25) is 0 Å². The highest BCUT2D eigenvalue weighted by Crippen LogP contribution is 2.31. The largest absolute Gasteiger partial charge is 0.424 e. The maximum atomic E-state index is 13.5. The molecular weight excluding hydrogens is 374 g/mol. The predicted octanol–water partition coefficient (Wildman–Crippen LogP) is 4.12. The third-order valence-electron chi connectivity index (χ3n) is 5.53. The summed E-state index contributed by atoms with van der Waals surface area (Å²) in [5, 5.41) is 8.07. The van der Waals surface area contributed by atoms with Crippen LogP contribution in [-0.4, -0.2) is 46.2 Å². The number of benzene rings is 2. The molecule has 2 aromatic carbocycles. The topological polar surface area (TPSA) is 45.4 Å². The molecule has 5 nitrogen and oxygen atoms in total. The van der Waals surface area contributed by atoms with Gasteiger partial charge in [-0.2, -0.15) is 0 Å². The lowest BCUT2D eigenvalue weighted by molar-refractivity contribution is 0.0746. The summed E-state index contributed by atoms with van der Waals surface area (Å²) in [5.41, 5.74) is 1.99. The molecule has 0 bridgehead atoms. The normalized spacial score (nSPS) is 17.0. The highest BCUT2D eigenvalue weighted by molar-refractivity contribution is 5.32. The molecule has 0 radical (unpaired) electrons. The molecule has 1 aliphatic rings. The molecule has 4 rings (SSSR count). The number of aryl methyl sites for hydroxylation is 1. The molecule has 1 aliphatic heterocycles. The fraction of sp³-hybridized carbons (Fsp3) is 0.364. The summed E-state index contributed by atoms with van der Waals surface area (Å²) >= 11 is 0. The van der Waals surface area contributed by atoms with Crippen molar-refractivity contribution in [1.82, 2.24) is 20.0 Å². The van der Waals surface area contributed by atoms with Crippen LogP contribution >= 0.6 is 0 Å². The quantitative estimate of drug-likeness (QED) is 0.647. The van der Waals surface area contributed by atoms with Crippen molar-refractivity contribution in [3.8, 4) is 0 Å². The van der Waals surface area contributed by atoms with E-state index in [1.165, 1.54) is 24.3 Å². The van der Waals surface area contributed by atoms with Crippen molar-refractivity contribution < 1.29 is 13.2 Å². The number of nitrogens with zero attached hydrogens (tertiary/aromatic N) is 4. The van der Waals surface area contributed by atoms with E-state index in [2.05, 4.69) is 26.9 Å². The van der Waals surface area contributed by atoms with Crippen molar-refractivity contribution >= 4 is 0 Å².